The monoisotopic (exact) mass is 300 g/mol. The molecule has 21 heavy (non-hydrogen) atoms. The fraction of sp³-hybridized carbons (Fsp3) is 0.250. The van der Waals surface area contributed by atoms with Crippen LogP contribution in [0.25, 0.3) is 10.2 Å². The number of aryl methyl sites for hydroxylation is 2. The Labute approximate surface area is 126 Å². The van der Waals surface area contributed by atoms with Crippen LogP contribution in [-0.4, -0.2) is 16.7 Å². The third-order valence-corrected chi connectivity index (χ3v) is 4.76. The normalized spacial score (nSPS) is 11.0. The molecular weight excluding hydrogens is 284 g/mol. The zero-order chi connectivity index (χ0) is 15.0. The van der Waals surface area contributed by atoms with Crippen molar-refractivity contribution < 1.29 is 4.74 Å². The van der Waals surface area contributed by atoms with Gasteiger partial charge in [0.15, 0.2) is 0 Å². The van der Waals surface area contributed by atoms with E-state index in [-0.39, 0.29) is 5.56 Å². The van der Waals surface area contributed by atoms with E-state index in [9.17, 15) is 4.79 Å². The van der Waals surface area contributed by atoms with Crippen molar-refractivity contribution in [2.75, 3.05) is 7.11 Å². The highest BCUT2D eigenvalue weighted by molar-refractivity contribution is 7.18. The predicted molar refractivity (Wildman–Crippen MR) is 85.5 cm³/mol. The fourth-order valence-electron chi connectivity index (χ4n) is 2.35. The van der Waals surface area contributed by atoms with Crippen molar-refractivity contribution in [3.63, 3.8) is 0 Å². The Morgan fingerprint density at radius 3 is 2.90 bits per heavy atom. The summed E-state index contributed by atoms with van der Waals surface area (Å²) in [4.78, 5) is 19.0. The van der Waals surface area contributed by atoms with Crippen molar-refractivity contribution in [3.8, 4) is 5.75 Å². The summed E-state index contributed by atoms with van der Waals surface area (Å²) >= 11 is 1.57. The van der Waals surface area contributed by atoms with E-state index in [1.165, 1.54) is 0 Å². The van der Waals surface area contributed by atoms with E-state index in [4.69, 9.17) is 4.74 Å². The first-order valence-electron chi connectivity index (χ1n) is 6.68. The predicted octanol–water partition coefficient (Wildman–Crippen LogP) is 3.13. The molecule has 1 aromatic carbocycles. The Morgan fingerprint density at radius 1 is 1.33 bits per heavy atom. The van der Waals surface area contributed by atoms with Crippen LogP contribution in [0.1, 0.15) is 16.0 Å². The highest BCUT2D eigenvalue weighted by Crippen LogP contribution is 2.25. The number of thiophene rings is 1. The molecule has 0 fully saturated rings. The van der Waals surface area contributed by atoms with Gasteiger partial charge in [-0.25, -0.2) is 4.98 Å². The van der Waals surface area contributed by atoms with Gasteiger partial charge in [-0.15, -0.1) is 11.3 Å². The molecule has 0 atom stereocenters. The van der Waals surface area contributed by atoms with Crippen molar-refractivity contribution in [3.05, 3.63) is 57.0 Å². The molecule has 0 aliphatic carbocycles. The summed E-state index contributed by atoms with van der Waals surface area (Å²) in [5.74, 6) is 0.789. The Bertz CT molecular complexity index is 864. The second-order valence-electron chi connectivity index (χ2n) is 4.99. The van der Waals surface area contributed by atoms with Gasteiger partial charge in [0.05, 0.1) is 25.4 Å². The molecule has 0 N–H and O–H groups in total. The maximum absolute atomic E-state index is 12.6. The van der Waals surface area contributed by atoms with Crippen LogP contribution in [0.2, 0.25) is 0 Å². The molecule has 0 aliphatic heterocycles. The number of benzene rings is 1. The van der Waals surface area contributed by atoms with Crippen LogP contribution in [0.5, 0.6) is 5.75 Å². The minimum absolute atomic E-state index is 0.0182. The van der Waals surface area contributed by atoms with Gasteiger partial charge in [0.25, 0.3) is 5.56 Å². The third kappa shape index (κ3) is 2.45. The summed E-state index contributed by atoms with van der Waals surface area (Å²) in [5.41, 5.74) is 2.07. The van der Waals surface area contributed by atoms with E-state index < -0.39 is 0 Å². The van der Waals surface area contributed by atoms with Crippen molar-refractivity contribution in [2.24, 2.45) is 0 Å². The minimum Gasteiger partial charge on any atom is -0.497 e. The summed E-state index contributed by atoms with van der Waals surface area (Å²) in [7, 11) is 1.64. The zero-order valence-electron chi connectivity index (χ0n) is 12.2. The number of hydrogen-bond donors (Lipinski definition) is 0. The number of ether oxygens (including phenoxy) is 1. The molecule has 0 amide bonds. The van der Waals surface area contributed by atoms with E-state index in [1.54, 1.807) is 29.3 Å². The van der Waals surface area contributed by atoms with Crippen LogP contribution < -0.4 is 10.3 Å². The van der Waals surface area contributed by atoms with Crippen LogP contribution in [-0.2, 0) is 6.54 Å². The van der Waals surface area contributed by atoms with Gasteiger partial charge in [0.2, 0.25) is 0 Å². The number of aromatic nitrogens is 2. The van der Waals surface area contributed by atoms with E-state index in [0.29, 0.717) is 6.54 Å². The molecule has 2 heterocycles. The lowest BCUT2D eigenvalue weighted by Crippen LogP contribution is -2.21. The lowest BCUT2D eigenvalue weighted by atomic mass is 10.2. The lowest BCUT2D eigenvalue weighted by molar-refractivity contribution is 0.414. The number of rotatable bonds is 3. The molecular formula is C16H16N2O2S. The zero-order valence-corrected chi connectivity index (χ0v) is 13.0. The quantitative estimate of drug-likeness (QED) is 0.746. The Morgan fingerprint density at radius 2 is 2.14 bits per heavy atom. The molecule has 3 rings (SSSR count). The molecule has 0 bridgehead atoms. The molecule has 0 radical (unpaired) electrons. The topological polar surface area (TPSA) is 44.1 Å². The second kappa shape index (κ2) is 5.33. The maximum atomic E-state index is 12.6. The van der Waals surface area contributed by atoms with Crippen molar-refractivity contribution in [1.82, 2.24) is 9.55 Å². The van der Waals surface area contributed by atoms with Gasteiger partial charge in [-0.3, -0.25) is 9.36 Å². The average Bonchev–Trinajstić information content (AvgIpc) is 2.78. The lowest BCUT2D eigenvalue weighted by Gasteiger charge is -2.07. The summed E-state index contributed by atoms with van der Waals surface area (Å²) in [6, 6.07) is 7.72. The van der Waals surface area contributed by atoms with Gasteiger partial charge >= 0.3 is 0 Å². The Hall–Kier alpha value is -2.14. The molecule has 0 unspecified atom stereocenters. The van der Waals surface area contributed by atoms with Crippen molar-refractivity contribution in [2.45, 2.75) is 20.4 Å². The molecule has 2 aromatic heterocycles. The molecule has 3 aromatic rings. The summed E-state index contributed by atoms with van der Waals surface area (Å²) in [6.07, 6.45) is 1.62. The smallest absolute Gasteiger partial charge is 0.262 e. The van der Waals surface area contributed by atoms with E-state index in [2.05, 4.69) is 4.98 Å². The van der Waals surface area contributed by atoms with Crippen molar-refractivity contribution in [1.29, 1.82) is 0 Å². The highest BCUT2D eigenvalue weighted by Gasteiger charge is 2.12. The molecule has 0 aliphatic rings. The number of hydrogen-bond acceptors (Lipinski definition) is 4. The van der Waals surface area contributed by atoms with Gasteiger partial charge < -0.3 is 4.74 Å². The van der Waals surface area contributed by atoms with Crippen LogP contribution in [0.3, 0.4) is 0 Å². The minimum atomic E-state index is 0.0182. The summed E-state index contributed by atoms with van der Waals surface area (Å²) < 4.78 is 6.86. The summed E-state index contributed by atoms with van der Waals surface area (Å²) in [6.45, 7) is 4.49. The number of methoxy groups -OCH3 is 1. The third-order valence-electron chi connectivity index (χ3n) is 3.64. The number of fused-ring (bicyclic) bond motifs is 1. The van der Waals surface area contributed by atoms with Gasteiger partial charge in [0.1, 0.15) is 10.6 Å². The first-order valence-corrected chi connectivity index (χ1v) is 7.50. The SMILES string of the molecule is COc1cccc(Cn2cnc3sc(C)c(C)c3c2=O)c1. The van der Waals surface area contributed by atoms with Crippen LogP contribution in [0, 0.1) is 13.8 Å². The number of nitrogens with zero attached hydrogens (tertiary/aromatic N) is 2. The molecule has 0 saturated carbocycles. The molecule has 0 spiro atoms. The molecule has 5 heteroatoms. The summed E-state index contributed by atoms with van der Waals surface area (Å²) in [5, 5.41) is 0.739. The van der Waals surface area contributed by atoms with Gasteiger partial charge in [-0.05, 0) is 37.1 Å². The average molecular weight is 300 g/mol. The van der Waals surface area contributed by atoms with Gasteiger partial charge in [0, 0.05) is 4.88 Å². The van der Waals surface area contributed by atoms with Crippen LogP contribution >= 0.6 is 11.3 Å². The van der Waals surface area contributed by atoms with Gasteiger partial charge in [-0.1, -0.05) is 12.1 Å². The molecule has 108 valence electrons. The first kappa shape index (κ1) is 13.8. The van der Waals surface area contributed by atoms with Crippen LogP contribution in [0.15, 0.2) is 35.4 Å². The second-order valence-corrected chi connectivity index (χ2v) is 6.20. The standard InChI is InChI=1S/C16H16N2O2S/c1-10-11(2)21-15-14(10)16(19)18(9-17-15)8-12-5-4-6-13(7-12)20-3/h4-7,9H,8H2,1-3H3. The maximum Gasteiger partial charge on any atom is 0.262 e. The van der Waals surface area contributed by atoms with Crippen molar-refractivity contribution >= 4 is 21.6 Å². The fourth-order valence-corrected chi connectivity index (χ4v) is 3.34. The largest absolute Gasteiger partial charge is 0.497 e. The van der Waals surface area contributed by atoms with E-state index >= 15 is 0 Å². The Kier molecular flexibility index (Phi) is 3.51. The van der Waals surface area contributed by atoms with Gasteiger partial charge in [-0.2, -0.15) is 0 Å². The highest BCUT2D eigenvalue weighted by atomic mass is 32.1. The Balaban J connectivity index is 2.06. The van der Waals surface area contributed by atoms with Crippen LogP contribution in [0.4, 0.5) is 0 Å². The van der Waals surface area contributed by atoms with E-state index in [0.717, 1.165) is 32.0 Å². The molecule has 0 saturated heterocycles. The first-order chi connectivity index (χ1) is 10.1. The molecule has 4 nitrogen and oxygen atoms in total. The van der Waals surface area contributed by atoms with E-state index in [1.807, 2.05) is 38.1 Å².